The highest BCUT2D eigenvalue weighted by Gasteiger charge is 2.61. The lowest BCUT2D eigenvalue weighted by Gasteiger charge is -2.49. The number of likely N-dealkylation sites (tertiary alicyclic amines) is 1. The summed E-state index contributed by atoms with van der Waals surface area (Å²) in [4.78, 5) is 2.55. The Morgan fingerprint density at radius 2 is 1.89 bits per heavy atom. The third-order valence-electron chi connectivity index (χ3n) is 13.8. The monoisotopic (exact) mass is 624 g/mol. The SMILES string of the molecule is CC1=C2C[C@H]3[C@@H](CC=C4C[C@@H](O)CC[C@@]43C)[C@@H]2CC[C@]12O[C@@H]1C[C@H](C)CN(Cc3cn([C@@H]4OC[C@@H](O)C(O)[C@@H]4O)nn3)[C@H]1[C@H]2C. The zero-order chi connectivity index (χ0) is 31.4. The molecule has 3 saturated heterocycles. The van der Waals surface area contributed by atoms with Crippen LogP contribution in [0.2, 0.25) is 0 Å². The molecule has 0 amide bonds. The molecule has 0 radical (unpaired) electrons. The van der Waals surface area contributed by atoms with E-state index in [4.69, 9.17) is 9.47 Å². The van der Waals surface area contributed by atoms with Crippen molar-refractivity contribution in [3.05, 3.63) is 34.7 Å². The summed E-state index contributed by atoms with van der Waals surface area (Å²) in [5, 5.41) is 49.6. The molecule has 45 heavy (non-hydrogen) atoms. The number of nitrogens with zero attached hydrogens (tertiary/aromatic N) is 4. The molecule has 10 heteroatoms. The minimum absolute atomic E-state index is 0.0698. The number of ether oxygens (including phenoxy) is 2. The standard InChI is InChI=1S/C35H52N4O6/c1-18-11-29-30(38(14-18)15-22-16-39(37-36-22)33-32(43)31(42)28(41)17-44-33)20(3)35(45-29)10-8-24-25-6-5-21-12-23(40)7-9-34(21,4)27(25)13-26(24)19(35)2/h5,16,18,20,23-25,27-33,40-43H,6-15,17H2,1-4H3/t18-,20+,23-,24-,25-,27-,28+,29+,30-,31?,32-,33+,34-,35-/m0/s1. The summed E-state index contributed by atoms with van der Waals surface area (Å²) in [6.07, 6.45) is 8.30. The molecular formula is C35H52N4O6. The Bertz CT molecular complexity index is 1380. The molecule has 4 aliphatic carbocycles. The van der Waals surface area contributed by atoms with Crippen molar-refractivity contribution in [1.82, 2.24) is 19.9 Å². The van der Waals surface area contributed by atoms with Gasteiger partial charge >= 0.3 is 0 Å². The Balaban J connectivity index is 1.04. The molecule has 1 spiro atoms. The second-order valence-corrected chi connectivity index (χ2v) is 16.1. The van der Waals surface area contributed by atoms with Gasteiger partial charge in [0, 0.05) is 25.0 Å². The van der Waals surface area contributed by atoms with Gasteiger partial charge in [-0.05, 0) is 93.0 Å². The fourth-order valence-corrected chi connectivity index (χ4v) is 11.4. The van der Waals surface area contributed by atoms with Gasteiger partial charge in [-0.1, -0.05) is 43.2 Å². The van der Waals surface area contributed by atoms with Crippen LogP contribution in [0.5, 0.6) is 0 Å². The first-order valence-electron chi connectivity index (χ1n) is 17.6. The van der Waals surface area contributed by atoms with Crippen LogP contribution >= 0.6 is 0 Å². The molecule has 7 aliphatic rings. The van der Waals surface area contributed by atoms with Gasteiger partial charge in [-0.3, -0.25) is 4.90 Å². The van der Waals surface area contributed by atoms with E-state index >= 15 is 0 Å². The van der Waals surface area contributed by atoms with Gasteiger partial charge in [0.15, 0.2) is 6.23 Å². The maximum absolute atomic E-state index is 10.5. The van der Waals surface area contributed by atoms with E-state index in [2.05, 4.69) is 49.0 Å². The highest BCUT2D eigenvalue weighted by atomic mass is 16.5. The van der Waals surface area contributed by atoms with Crippen LogP contribution < -0.4 is 0 Å². The van der Waals surface area contributed by atoms with Crippen molar-refractivity contribution < 1.29 is 29.9 Å². The van der Waals surface area contributed by atoms with Gasteiger partial charge in [0.25, 0.3) is 0 Å². The van der Waals surface area contributed by atoms with Crippen molar-refractivity contribution in [1.29, 1.82) is 0 Å². The normalized spacial score (nSPS) is 49.8. The summed E-state index contributed by atoms with van der Waals surface area (Å²) in [5.74, 6) is 2.88. The molecule has 2 saturated carbocycles. The predicted octanol–water partition coefficient (Wildman–Crippen LogP) is 3.12. The van der Waals surface area contributed by atoms with Crippen LogP contribution in [0.1, 0.15) is 91.0 Å². The third-order valence-corrected chi connectivity index (χ3v) is 13.8. The number of piperidine rings is 1. The summed E-state index contributed by atoms with van der Waals surface area (Å²) >= 11 is 0. The molecule has 4 N–H and O–H groups in total. The van der Waals surface area contributed by atoms with Crippen LogP contribution in [0.4, 0.5) is 0 Å². The largest absolute Gasteiger partial charge is 0.393 e. The van der Waals surface area contributed by atoms with Crippen LogP contribution in [0.3, 0.4) is 0 Å². The van der Waals surface area contributed by atoms with E-state index in [1.807, 2.05) is 0 Å². The molecule has 10 nitrogen and oxygen atoms in total. The molecule has 248 valence electrons. The van der Waals surface area contributed by atoms with Gasteiger partial charge in [-0.2, -0.15) is 0 Å². The minimum atomic E-state index is -1.29. The first-order valence-corrected chi connectivity index (χ1v) is 17.6. The highest BCUT2D eigenvalue weighted by molar-refractivity contribution is 5.38. The summed E-state index contributed by atoms with van der Waals surface area (Å²) < 4.78 is 14.4. The maximum atomic E-state index is 10.5. The van der Waals surface area contributed by atoms with E-state index in [1.54, 1.807) is 11.8 Å². The van der Waals surface area contributed by atoms with Crippen molar-refractivity contribution in [3.63, 3.8) is 0 Å². The smallest absolute Gasteiger partial charge is 0.180 e. The number of hydrogen-bond donors (Lipinski definition) is 4. The number of aliphatic hydroxyl groups excluding tert-OH is 4. The molecule has 0 aromatic carbocycles. The zero-order valence-corrected chi connectivity index (χ0v) is 27.3. The van der Waals surface area contributed by atoms with Crippen LogP contribution in [-0.4, -0.2) is 95.6 Å². The summed E-state index contributed by atoms with van der Waals surface area (Å²) in [5.41, 5.74) is 5.50. The number of hydrogen-bond acceptors (Lipinski definition) is 9. The van der Waals surface area contributed by atoms with Gasteiger partial charge in [-0.15, -0.1) is 5.10 Å². The average Bonchev–Trinajstić information content (AvgIpc) is 3.70. The zero-order valence-electron chi connectivity index (χ0n) is 27.3. The number of allylic oxidation sites excluding steroid dienone is 2. The fraction of sp³-hybridized carbons (Fsp3) is 0.829. The van der Waals surface area contributed by atoms with Crippen LogP contribution in [0, 0.1) is 35.0 Å². The lowest BCUT2D eigenvalue weighted by atomic mass is 9.56. The Hall–Kier alpha value is -1.66. The Kier molecular flexibility index (Phi) is 7.45. The lowest BCUT2D eigenvalue weighted by Crippen LogP contribution is -2.51. The van der Waals surface area contributed by atoms with E-state index in [-0.39, 0.29) is 35.9 Å². The Labute approximate surface area is 266 Å². The van der Waals surface area contributed by atoms with Gasteiger partial charge < -0.3 is 29.9 Å². The number of aromatic nitrogens is 3. The van der Waals surface area contributed by atoms with Crippen molar-refractivity contribution >= 4 is 0 Å². The van der Waals surface area contributed by atoms with Crippen LogP contribution in [0.25, 0.3) is 0 Å². The molecule has 5 fully saturated rings. The molecule has 1 aromatic heterocycles. The number of rotatable bonds is 3. The minimum Gasteiger partial charge on any atom is -0.393 e. The second kappa shape index (κ2) is 10.9. The molecule has 1 aromatic rings. The molecular weight excluding hydrogens is 572 g/mol. The first-order chi connectivity index (χ1) is 21.5. The molecule has 1 unspecified atom stereocenters. The topological polar surface area (TPSA) is 133 Å². The average molecular weight is 625 g/mol. The summed E-state index contributed by atoms with van der Waals surface area (Å²) in [6.45, 7) is 11.1. The van der Waals surface area contributed by atoms with Gasteiger partial charge in [0.1, 0.15) is 18.3 Å². The summed E-state index contributed by atoms with van der Waals surface area (Å²) in [6, 6.07) is 0.279. The van der Waals surface area contributed by atoms with Gasteiger partial charge in [-0.25, -0.2) is 4.68 Å². The van der Waals surface area contributed by atoms with Crippen LogP contribution in [0.15, 0.2) is 29.0 Å². The second-order valence-electron chi connectivity index (χ2n) is 16.1. The summed E-state index contributed by atoms with van der Waals surface area (Å²) in [7, 11) is 0. The Morgan fingerprint density at radius 1 is 1.07 bits per heavy atom. The van der Waals surface area contributed by atoms with E-state index in [1.165, 1.54) is 28.7 Å². The number of aliphatic hydroxyl groups is 4. The fourth-order valence-electron chi connectivity index (χ4n) is 11.4. The van der Waals surface area contributed by atoms with Crippen LogP contribution in [-0.2, 0) is 16.0 Å². The van der Waals surface area contributed by atoms with E-state index in [0.717, 1.165) is 50.8 Å². The maximum Gasteiger partial charge on any atom is 0.180 e. The quantitative estimate of drug-likeness (QED) is 0.375. The van der Waals surface area contributed by atoms with Crippen molar-refractivity contribution in [2.45, 2.75) is 134 Å². The van der Waals surface area contributed by atoms with E-state index in [0.29, 0.717) is 36.1 Å². The molecule has 0 bridgehead atoms. The lowest BCUT2D eigenvalue weighted by molar-refractivity contribution is -0.214. The Morgan fingerprint density at radius 3 is 2.71 bits per heavy atom. The van der Waals surface area contributed by atoms with Gasteiger partial charge in [0.2, 0.25) is 0 Å². The molecule has 14 atom stereocenters. The molecule has 4 heterocycles. The van der Waals surface area contributed by atoms with Crippen molar-refractivity contribution in [2.24, 2.45) is 35.0 Å². The predicted molar refractivity (Wildman–Crippen MR) is 165 cm³/mol. The van der Waals surface area contributed by atoms with Gasteiger partial charge in [0.05, 0.1) is 36.3 Å². The number of fused-ring (bicyclic) bond motifs is 6. The first kappa shape index (κ1) is 30.7. The van der Waals surface area contributed by atoms with Crippen molar-refractivity contribution in [3.8, 4) is 0 Å². The third kappa shape index (κ3) is 4.60. The van der Waals surface area contributed by atoms with E-state index in [9.17, 15) is 20.4 Å². The van der Waals surface area contributed by atoms with Crippen molar-refractivity contribution in [2.75, 3.05) is 13.2 Å². The molecule has 3 aliphatic heterocycles. The van der Waals surface area contributed by atoms with E-state index < -0.39 is 24.5 Å². The molecule has 8 rings (SSSR count). The highest BCUT2D eigenvalue weighted by Crippen LogP contribution is 2.65.